The fourth-order valence-electron chi connectivity index (χ4n) is 2.76. The van der Waals surface area contributed by atoms with Crippen molar-refractivity contribution in [2.45, 2.75) is 38.5 Å². The van der Waals surface area contributed by atoms with Gasteiger partial charge in [0.1, 0.15) is 5.75 Å². The van der Waals surface area contributed by atoms with E-state index in [1.54, 1.807) is 24.3 Å². The third-order valence-electron chi connectivity index (χ3n) is 4.10. The monoisotopic (exact) mass is 322 g/mol. The molecule has 0 saturated carbocycles. The van der Waals surface area contributed by atoms with E-state index in [4.69, 9.17) is 4.74 Å². The number of phenols is 1. The molecule has 6 heteroatoms. The lowest BCUT2D eigenvalue weighted by molar-refractivity contribution is -0.135. The Hall–Kier alpha value is -1.63. The lowest BCUT2D eigenvalue weighted by Gasteiger charge is -2.29. The second-order valence-electron chi connectivity index (χ2n) is 6.09. The molecule has 1 aromatic rings. The molecule has 0 spiro atoms. The number of hydrogen-bond donors (Lipinski definition) is 3. The number of hydrogen-bond acceptors (Lipinski definition) is 5. The second kappa shape index (κ2) is 8.29. The number of aromatic hydroxyl groups is 1. The van der Waals surface area contributed by atoms with Gasteiger partial charge in [0.15, 0.2) is 0 Å². The number of amides is 1. The summed E-state index contributed by atoms with van der Waals surface area (Å²) in [5, 5.41) is 22.9. The van der Waals surface area contributed by atoms with Crippen LogP contribution in [0.1, 0.15) is 31.9 Å². The Morgan fingerprint density at radius 3 is 2.48 bits per heavy atom. The van der Waals surface area contributed by atoms with E-state index in [9.17, 15) is 15.0 Å². The minimum Gasteiger partial charge on any atom is -0.508 e. The van der Waals surface area contributed by atoms with Gasteiger partial charge < -0.3 is 25.2 Å². The van der Waals surface area contributed by atoms with Crippen LogP contribution in [-0.4, -0.2) is 59.4 Å². The van der Waals surface area contributed by atoms with E-state index in [1.807, 2.05) is 18.7 Å². The lowest BCUT2D eigenvalue weighted by Crippen LogP contribution is -2.45. The number of carbonyl (C=O) groups is 1. The van der Waals surface area contributed by atoms with Gasteiger partial charge >= 0.3 is 0 Å². The van der Waals surface area contributed by atoms with Crippen molar-refractivity contribution < 1.29 is 19.7 Å². The van der Waals surface area contributed by atoms with Gasteiger partial charge in [-0.1, -0.05) is 12.1 Å². The Labute approximate surface area is 137 Å². The molecule has 6 nitrogen and oxygen atoms in total. The predicted octanol–water partition coefficient (Wildman–Crippen LogP) is 1.04. The van der Waals surface area contributed by atoms with Crippen LogP contribution in [-0.2, 0) is 9.53 Å². The number of rotatable bonds is 6. The fraction of sp³-hybridized carbons (Fsp3) is 0.588. The zero-order chi connectivity index (χ0) is 16.8. The van der Waals surface area contributed by atoms with Gasteiger partial charge in [0.2, 0.25) is 5.91 Å². The van der Waals surface area contributed by atoms with E-state index in [-0.39, 0.29) is 23.7 Å². The van der Waals surface area contributed by atoms with E-state index in [0.29, 0.717) is 32.7 Å². The fourth-order valence-corrected chi connectivity index (χ4v) is 2.76. The first-order chi connectivity index (χ1) is 11.0. The number of nitrogens with zero attached hydrogens (tertiary/aromatic N) is 1. The van der Waals surface area contributed by atoms with E-state index >= 15 is 0 Å². The highest BCUT2D eigenvalue weighted by Crippen LogP contribution is 2.20. The van der Waals surface area contributed by atoms with Crippen LogP contribution < -0.4 is 5.32 Å². The molecule has 0 bridgehead atoms. The van der Waals surface area contributed by atoms with Crippen molar-refractivity contribution in [1.82, 2.24) is 10.2 Å². The number of morpholine rings is 1. The van der Waals surface area contributed by atoms with Crippen LogP contribution in [0.15, 0.2) is 24.3 Å². The summed E-state index contributed by atoms with van der Waals surface area (Å²) in [6.45, 7) is 6.33. The van der Waals surface area contributed by atoms with Crippen LogP contribution in [0.25, 0.3) is 0 Å². The van der Waals surface area contributed by atoms with Crippen molar-refractivity contribution in [2.75, 3.05) is 26.3 Å². The number of aliphatic hydroxyl groups excluding tert-OH is 1. The maximum absolute atomic E-state index is 12.2. The van der Waals surface area contributed by atoms with Gasteiger partial charge in [-0.2, -0.15) is 0 Å². The first kappa shape index (κ1) is 17.7. The summed E-state index contributed by atoms with van der Waals surface area (Å²) < 4.78 is 5.25. The summed E-state index contributed by atoms with van der Waals surface area (Å²) in [6.07, 6.45) is -0.302. The molecule has 1 heterocycles. The summed E-state index contributed by atoms with van der Waals surface area (Å²) in [4.78, 5) is 14.0. The first-order valence-electron chi connectivity index (χ1n) is 8.06. The molecule has 1 saturated heterocycles. The highest BCUT2D eigenvalue weighted by atomic mass is 16.5. The molecule has 23 heavy (non-hydrogen) atoms. The van der Waals surface area contributed by atoms with Gasteiger partial charge in [-0.25, -0.2) is 0 Å². The third kappa shape index (κ3) is 5.20. The summed E-state index contributed by atoms with van der Waals surface area (Å²) in [5.74, 6) is 0.283. The molecule has 0 aromatic heterocycles. The van der Waals surface area contributed by atoms with Crippen molar-refractivity contribution in [2.24, 2.45) is 0 Å². The van der Waals surface area contributed by atoms with Crippen LogP contribution in [0.4, 0.5) is 0 Å². The van der Waals surface area contributed by atoms with E-state index in [2.05, 4.69) is 5.32 Å². The van der Waals surface area contributed by atoms with Gasteiger partial charge in [-0.05, 0) is 31.5 Å². The Morgan fingerprint density at radius 2 is 1.87 bits per heavy atom. The average molecular weight is 322 g/mol. The standard InChI is InChI=1S/C17H26N2O4/c1-12(11-16(21)19-7-9-23-10-8-19)18-13(2)17(22)14-3-5-15(20)6-4-14/h3-6,12-13,17-18,20,22H,7-11H2,1-2H3/t12-,13-,17+/m1/s1. The van der Waals surface area contributed by atoms with Gasteiger partial charge in [0, 0.05) is 31.6 Å². The van der Waals surface area contributed by atoms with Gasteiger partial charge in [-0.3, -0.25) is 4.79 Å². The highest BCUT2D eigenvalue weighted by Gasteiger charge is 2.22. The smallest absolute Gasteiger partial charge is 0.224 e. The van der Waals surface area contributed by atoms with E-state index < -0.39 is 6.10 Å². The summed E-state index contributed by atoms with van der Waals surface area (Å²) in [5.41, 5.74) is 0.731. The highest BCUT2D eigenvalue weighted by molar-refractivity contribution is 5.76. The quantitative estimate of drug-likeness (QED) is 0.729. The summed E-state index contributed by atoms with van der Waals surface area (Å²) >= 11 is 0. The first-order valence-corrected chi connectivity index (χ1v) is 8.06. The molecular formula is C17H26N2O4. The number of benzene rings is 1. The van der Waals surface area contributed by atoms with E-state index in [1.165, 1.54) is 0 Å². The normalized spacial score (nSPS) is 19.2. The molecule has 1 fully saturated rings. The molecule has 0 radical (unpaired) electrons. The molecule has 0 unspecified atom stereocenters. The molecule has 0 aliphatic carbocycles. The molecule has 1 amide bonds. The maximum atomic E-state index is 12.2. The van der Waals surface area contributed by atoms with Crippen molar-refractivity contribution in [3.05, 3.63) is 29.8 Å². The Balaban J connectivity index is 1.82. The summed E-state index contributed by atoms with van der Waals surface area (Å²) in [6, 6.07) is 6.26. The molecule has 3 atom stereocenters. The number of nitrogens with one attached hydrogen (secondary N) is 1. The molecule has 3 N–H and O–H groups in total. The largest absolute Gasteiger partial charge is 0.508 e. The van der Waals surface area contributed by atoms with Gasteiger partial charge in [0.05, 0.1) is 19.3 Å². The van der Waals surface area contributed by atoms with Gasteiger partial charge in [-0.15, -0.1) is 0 Å². The lowest BCUT2D eigenvalue weighted by atomic mass is 10.0. The predicted molar refractivity (Wildman–Crippen MR) is 87.1 cm³/mol. The SMILES string of the molecule is C[C@H](CC(=O)N1CCOCC1)N[C@H](C)[C@H](O)c1ccc(O)cc1. The van der Waals surface area contributed by atoms with Crippen LogP contribution in [0.3, 0.4) is 0 Å². The van der Waals surface area contributed by atoms with Crippen molar-refractivity contribution in [3.8, 4) is 5.75 Å². The van der Waals surface area contributed by atoms with Crippen molar-refractivity contribution >= 4 is 5.91 Å². The van der Waals surface area contributed by atoms with Crippen LogP contribution >= 0.6 is 0 Å². The zero-order valence-electron chi connectivity index (χ0n) is 13.7. The van der Waals surface area contributed by atoms with Crippen molar-refractivity contribution in [1.29, 1.82) is 0 Å². The average Bonchev–Trinajstić information content (AvgIpc) is 2.55. The zero-order valence-corrected chi connectivity index (χ0v) is 13.7. The van der Waals surface area contributed by atoms with E-state index in [0.717, 1.165) is 5.56 Å². The second-order valence-corrected chi connectivity index (χ2v) is 6.09. The number of aliphatic hydroxyl groups is 1. The molecule has 2 rings (SSSR count). The Kier molecular flexibility index (Phi) is 6.38. The number of ether oxygens (including phenoxy) is 1. The third-order valence-corrected chi connectivity index (χ3v) is 4.10. The molecule has 1 aliphatic rings. The Bertz CT molecular complexity index is 500. The van der Waals surface area contributed by atoms with Crippen LogP contribution in [0.2, 0.25) is 0 Å². The molecular weight excluding hydrogens is 296 g/mol. The summed E-state index contributed by atoms with van der Waals surface area (Å²) in [7, 11) is 0. The van der Waals surface area contributed by atoms with Crippen LogP contribution in [0, 0.1) is 0 Å². The van der Waals surface area contributed by atoms with Gasteiger partial charge in [0.25, 0.3) is 0 Å². The Morgan fingerprint density at radius 1 is 1.26 bits per heavy atom. The minimum absolute atomic E-state index is 0.0351. The topological polar surface area (TPSA) is 82.0 Å². The molecule has 128 valence electrons. The maximum Gasteiger partial charge on any atom is 0.224 e. The molecule has 1 aliphatic heterocycles. The van der Waals surface area contributed by atoms with Crippen molar-refractivity contribution in [3.63, 3.8) is 0 Å². The number of carbonyl (C=O) groups excluding carboxylic acids is 1. The number of phenolic OH excluding ortho intramolecular Hbond substituents is 1. The molecule has 1 aromatic carbocycles. The minimum atomic E-state index is -0.698. The van der Waals surface area contributed by atoms with Crippen LogP contribution in [0.5, 0.6) is 5.75 Å².